The van der Waals surface area contributed by atoms with Crippen molar-refractivity contribution < 1.29 is 14.7 Å². The third-order valence-corrected chi connectivity index (χ3v) is 3.65. The molecular weight excluding hydrogens is 262 g/mol. The molecule has 2 heterocycles. The van der Waals surface area contributed by atoms with Gasteiger partial charge in [0.15, 0.2) is 5.82 Å². The minimum atomic E-state index is -1.24. The third-order valence-electron chi connectivity index (χ3n) is 3.65. The number of amides is 2. The molecule has 0 atom stereocenters. The molecule has 0 bridgehead atoms. The molecule has 0 unspecified atom stereocenters. The molecule has 0 aromatic carbocycles. The summed E-state index contributed by atoms with van der Waals surface area (Å²) in [4.78, 5) is 26.8. The van der Waals surface area contributed by atoms with Gasteiger partial charge < -0.3 is 19.5 Å². The number of carboxylic acids is 1. The Kier molecular flexibility index (Phi) is 3.65. The second kappa shape index (κ2) is 5.10. The van der Waals surface area contributed by atoms with E-state index in [-0.39, 0.29) is 6.03 Å². The van der Waals surface area contributed by atoms with E-state index in [1.165, 1.54) is 18.7 Å². The molecule has 110 valence electrons. The van der Waals surface area contributed by atoms with Gasteiger partial charge in [-0.3, -0.25) is 0 Å². The summed E-state index contributed by atoms with van der Waals surface area (Å²) in [5, 5.41) is 17.0. The van der Waals surface area contributed by atoms with Crippen molar-refractivity contribution >= 4 is 12.0 Å². The Bertz CT molecular complexity index is 525. The summed E-state index contributed by atoms with van der Waals surface area (Å²) in [5.41, 5.74) is -1.24. The van der Waals surface area contributed by atoms with Gasteiger partial charge in [0.05, 0.1) is 6.54 Å². The van der Waals surface area contributed by atoms with Gasteiger partial charge in [-0.1, -0.05) is 0 Å². The highest BCUT2D eigenvalue weighted by Crippen LogP contribution is 2.19. The highest BCUT2D eigenvalue weighted by molar-refractivity contribution is 5.85. The molecule has 2 rings (SSSR count). The molecular formula is C12H19N5O3. The van der Waals surface area contributed by atoms with Crippen LogP contribution in [-0.2, 0) is 17.9 Å². The maximum absolute atomic E-state index is 12.5. The first-order chi connectivity index (χ1) is 9.37. The average molecular weight is 281 g/mol. The number of fused-ring (bicyclic) bond motifs is 1. The van der Waals surface area contributed by atoms with E-state index >= 15 is 0 Å². The van der Waals surface area contributed by atoms with Crippen LogP contribution in [0.2, 0.25) is 0 Å². The van der Waals surface area contributed by atoms with E-state index in [0.717, 1.165) is 0 Å². The van der Waals surface area contributed by atoms with E-state index in [0.29, 0.717) is 32.0 Å². The number of hydrogen-bond acceptors (Lipinski definition) is 4. The number of likely N-dealkylation sites (N-methyl/N-ethyl adjacent to an activating group) is 1. The molecule has 1 N–H and O–H groups in total. The van der Waals surface area contributed by atoms with E-state index in [4.69, 9.17) is 0 Å². The normalized spacial score (nSPS) is 14.8. The van der Waals surface area contributed by atoms with E-state index in [2.05, 4.69) is 10.2 Å². The van der Waals surface area contributed by atoms with Gasteiger partial charge in [-0.25, -0.2) is 9.59 Å². The summed E-state index contributed by atoms with van der Waals surface area (Å²) in [6.07, 6.45) is 1.63. The number of carboxylic acid groups (broad SMARTS) is 1. The molecule has 0 radical (unpaired) electrons. The van der Waals surface area contributed by atoms with Gasteiger partial charge in [0.2, 0.25) is 0 Å². The van der Waals surface area contributed by atoms with Crippen molar-refractivity contribution in [2.75, 3.05) is 13.1 Å². The molecule has 0 aliphatic carbocycles. The molecule has 1 aromatic heterocycles. The Morgan fingerprint density at radius 2 is 2.15 bits per heavy atom. The lowest BCUT2D eigenvalue weighted by Crippen LogP contribution is -2.57. The number of nitrogens with zero attached hydrogens (tertiary/aromatic N) is 5. The number of urea groups is 1. The van der Waals surface area contributed by atoms with Crippen LogP contribution >= 0.6 is 0 Å². The fourth-order valence-electron chi connectivity index (χ4n) is 2.29. The first-order valence-corrected chi connectivity index (χ1v) is 6.54. The highest BCUT2D eigenvalue weighted by Gasteiger charge is 2.39. The number of carbonyl (C=O) groups is 2. The lowest BCUT2D eigenvalue weighted by atomic mass is 10.0. The highest BCUT2D eigenvalue weighted by atomic mass is 16.4. The number of carbonyl (C=O) groups excluding carboxylic acids is 1. The monoisotopic (exact) mass is 281 g/mol. The maximum Gasteiger partial charge on any atom is 0.329 e. The van der Waals surface area contributed by atoms with Gasteiger partial charge in [0.25, 0.3) is 0 Å². The number of rotatable bonds is 3. The van der Waals surface area contributed by atoms with Gasteiger partial charge >= 0.3 is 12.0 Å². The summed E-state index contributed by atoms with van der Waals surface area (Å²) in [7, 11) is 0. The van der Waals surface area contributed by atoms with Crippen LogP contribution in [0.3, 0.4) is 0 Å². The first-order valence-electron chi connectivity index (χ1n) is 6.54. The van der Waals surface area contributed by atoms with Crippen LogP contribution in [0.25, 0.3) is 0 Å². The Hall–Kier alpha value is -2.12. The molecule has 0 fully saturated rings. The van der Waals surface area contributed by atoms with Crippen molar-refractivity contribution in [3.05, 3.63) is 12.2 Å². The topological polar surface area (TPSA) is 91.6 Å². The molecule has 0 spiro atoms. The minimum absolute atomic E-state index is 0.283. The molecule has 8 heteroatoms. The summed E-state index contributed by atoms with van der Waals surface area (Å²) in [6.45, 7) is 6.67. The quantitative estimate of drug-likeness (QED) is 0.865. The summed E-state index contributed by atoms with van der Waals surface area (Å²) in [5.74, 6) is -0.304. The molecule has 0 saturated heterocycles. The van der Waals surface area contributed by atoms with Gasteiger partial charge in [-0.05, 0) is 20.8 Å². The van der Waals surface area contributed by atoms with E-state index in [9.17, 15) is 14.7 Å². The van der Waals surface area contributed by atoms with Crippen molar-refractivity contribution in [3.8, 4) is 0 Å². The van der Waals surface area contributed by atoms with E-state index in [1.54, 1.807) is 18.2 Å². The zero-order valence-electron chi connectivity index (χ0n) is 11.9. The second-order valence-electron chi connectivity index (χ2n) is 5.25. The zero-order chi connectivity index (χ0) is 14.9. The summed E-state index contributed by atoms with van der Waals surface area (Å²) in [6, 6.07) is -0.283. The standard InChI is InChI=1S/C12H19N5O3/c1-4-17(12(2,3)10(18)19)11(20)15-5-6-16-8-13-14-9(16)7-15/h8H,4-7H2,1-3H3,(H,18,19). The van der Waals surface area contributed by atoms with E-state index < -0.39 is 11.5 Å². The summed E-state index contributed by atoms with van der Waals surface area (Å²) >= 11 is 0. The van der Waals surface area contributed by atoms with Crippen LogP contribution in [0.1, 0.15) is 26.6 Å². The Balaban J connectivity index is 2.17. The molecule has 0 saturated carbocycles. The van der Waals surface area contributed by atoms with Crippen LogP contribution in [0, 0.1) is 0 Å². The summed E-state index contributed by atoms with van der Waals surface area (Å²) < 4.78 is 1.89. The smallest absolute Gasteiger partial charge is 0.329 e. The van der Waals surface area contributed by atoms with Gasteiger partial charge in [0.1, 0.15) is 11.9 Å². The third kappa shape index (κ3) is 2.33. The SMILES string of the molecule is CCN(C(=O)N1CCn2cnnc2C1)C(C)(C)C(=O)O. The van der Waals surface area contributed by atoms with Crippen molar-refractivity contribution in [2.45, 2.75) is 39.4 Å². The number of aliphatic carboxylic acids is 1. The maximum atomic E-state index is 12.5. The zero-order valence-corrected chi connectivity index (χ0v) is 11.9. The molecule has 1 aliphatic heterocycles. The first kappa shape index (κ1) is 14.3. The fourth-order valence-corrected chi connectivity index (χ4v) is 2.29. The second-order valence-corrected chi connectivity index (χ2v) is 5.25. The van der Waals surface area contributed by atoms with Crippen LogP contribution in [0.5, 0.6) is 0 Å². The Morgan fingerprint density at radius 3 is 2.75 bits per heavy atom. The van der Waals surface area contributed by atoms with Crippen molar-refractivity contribution in [1.82, 2.24) is 24.6 Å². The average Bonchev–Trinajstić information content (AvgIpc) is 2.85. The molecule has 1 aromatic rings. The fraction of sp³-hybridized carbons (Fsp3) is 0.667. The predicted molar refractivity (Wildman–Crippen MR) is 69.9 cm³/mol. The molecule has 2 amide bonds. The largest absolute Gasteiger partial charge is 0.480 e. The number of hydrogen-bond donors (Lipinski definition) is 1. The molecule has 8 nitrogen and oxygen atoms in total. The van der Waals surface area contributed by atoms with Gasteiger partial charge in [-0.15, -0.1) is 10.2 Å². The van der Waals surface area contributed by atoms with Gasteiger partial charge in [-0.2, -0.15) is 0 Å². The predicted octanol–water partition coefficient (Wildman–Crippen LogP) is 0.399. The molecule has 20 heavy (non-hydrogen) atoms. The van der Waals surface area contributed by atoms with Crippen LogP contribution in [-0.4, -0.2) is 60.3 Å². The van der Waals surface area contributed by atoms with Crippen LogP contribution in [0.4, 0.5) is 4.79 Å². The Morgan fingerprint density at radius 1 is 1.45 bits per heavy atom. The minimum Gasteiger partial charge on any atom is -0.480 e. The lowest BCUT2D eigenvalue weighted by molar-refractivity contribution is -0.147. The van der Waals surface area contributed by atoms with Crippen molar-refractivity contribution in [2.24, 2.45) is 0 Å². The lowest BCUT2D eigenvalue weighted by Gasteiger charge is -2.39. The molecule has 1 aliphatic rings. The van der Waals surface area contributed by atoms with Crippen molar-refractivity contribution in [1.29, 1.82) is 0 Å². The van der Waals surface area contributed by atoms with Crippen LogP contribution in [0.15, 0.2) is 6.33 Å². The number of aromatic nitrogens is 3. The van der Waals surface area contributed by atoms with Crippen LogP contribution < -0.4 is 0 Å². The Labute approximate surface area is 117 Å². The van der Waals surface area contributed by atoms with E-state index in [1.807, 2.05) is 4.57 Å². The van der Waals surface area contributed by atoms with Crippen molar-refractivity contribution in [3.63, 3.8) is 0 Å². The van der Waals surface area contributed by atoms with Gasteiger partial charge in [0, 0.05) is 19.6 Å².